The van der Waals surface area contributed by atoms with Crippen LogP contribution < -0.4 is 0 Å². The van der Waals surface area contributed by atoms with Crippen LogP contribution in [0.25, 0.3) is 0 Å². The topological polar surface area (TPSA) is 12.9 Å². The number of pyridine rings is 1. The average molecular weight is 246 g/mol. The Morgan fingerprint density at radius 3 is 2.47 bits per heavy atom. The van der Waals surface area contributed by atoms with Gasteiger partial charge in [0.1, 0.15) is 0 Å². The second-order valence-electron chi connectivity index (χ2n) is 4.14. The van der Waals surface area contributed by atoms with Crippen LogP contribution in [0.1, 0.15) is 35.4 Å². The number of alkyl halides is 1. The molecule has 0 aliphatic heterocycles. The van der Waals surface area contributed by atoms with Crippen LogP contribution >= 0.6 is 11.6 Å². The van der Waals surface area contributed by atoms with Crippen molar-refractivity contribution in [2.75, 3.05) is 0 Å². The van der Waals surface area contributed by atoms with Crippen molar-refractivity contribution < 1.29 is 0 Å². The second-order valence-corrected chi connectivity index (χ2v) is 4.58. The van der Waals surface area contributed by atoms with Gasteiger partial charge in [-0.2, -0.15) is 0 Å². The molecule has 2 rings (SSSR count). The molecule has 0 amide bonds. The zero-order chi connectivity index (χ0) is 12.1. The summed E-state index contributed by atoms with van der Waals surface area (Å²) in [4.78, 5) is 4.09. The van der Waals surface area contributed by atoms with Crippen LogP contribution in [0.4, 0.5) is 0 Å². The lowest BCUT2D eigenvalue weighted by Crippen LogP contribution is -1.94. The van der Waals surface area contributed by atoms with E-state index in [0.717, 1.165) is 17.5 Å². The molecule has 0 saturated heterocycles. The first kappa shape index (κ1) is 12.1. The lowest BCUT2D eigenvalue weighted by Gasteiger charge is -2.10. The Labute approximate surface area is 107 Å². The third-order valence-electron chi connectivity index (χ3n) is 2.79. The average Bonchev–Trinajstić information content (AvgIpc) is 2.40. The standard InChI is InChI=1S/C15H16ClN/c1-2-4-12-6-8-13(9-7-12)15(16)14-5-3-10-17-11-14/h3,5-11,15H,2,4H2,1H3. The quantitative estimate of drug-likeness (QED) is 0.730. The molecule has 88 valence electrons. The van der Waals surface area contributed by atoms with E-state index >= 15 is 0 Å². The van der Waals surface area contributed by atoms with E-state index in [1.54, 1.807) is 6.20 Å². The third-order valence-corrected chi connectivity index (χ3v) is 3.29. The van der Waals surface area contributed by atoms with Crippen molar-refractivity contribution in [3.05, 3.63) is 65.5 Å². The largest absolute Gasteiger partial charge is 0.264 e. The van der Waals surface area contributed by atoms with Gasteiger partial charge in [0.2, 0.25) is 0 Å². The van der Waals surface area contributed by atoms with Crippen molar-refractivity contribution in [3.63, 3.8) is 0 Å². The summed E-state index contributed by atoms with van der Waals surface area (Å²) in [5.41, 5.74) is 3.53. The fourth-order valence-corrected chi connectivity index (χ4v) is 2.13. The first-order chi connectivity index (χ1) is 8.31. The summed E-state index contributed by atoms with van der Waals surface area (Å²) in [6.45, 7) is 2.19. The van der Waals surface area contributed by atoms with Gasteiger partial charge in [-0.3, -0.25) is 4.98 Å². The number of benzene rings is 1. The first-order valence-corrected chi connectivity index (χ1v) is 6.37. The fourth-order valence-electron chi connectivity index (χ4n) is 1.86. The van der Waals surface area contributed by atoms with Crippen molar-refractivity contribution in [2.45, 2.75) is 25.1 Å². The Morgan fingerprint density at radius 2 is 1.88 bits per heavy atom. The number of halogens is 1. The molecule has 0 aliphatic rings. The number of aryl methyl sites for hydroxylation is 1. The molecule has 0 aliphatic carbocycles. The van der Waals surface area contributed by atoms with Gasteiger partial charge >= 0.3 is 0 Å². The molecule has 2 heteroatoms. The predicted octanol–water partition coefficient (Wildman–Crippen LogP) is 4.36. The molecule has 0 fully saturated rings. The molecular weight excluding hydrogens is 230 g/mol. The first-order valence-electron chi connectivity index (χ1n) is 5.94. The SMILES string of the molecule is CCCc1ccc(C(Cl)c2cccnc2)cc1. The van der Waals surface area contributed by atoms with E-state index in [-0.39, 0.29) is 5.38 Å². The Hall–Kier alpha value is -1.34. The molecule has 1 aromatic carbocycles. The molecule has 0 bridgehead atoms. The number of nitrogens with zero attached hydrogens (tertiary/aromatic N) is 1. The molecule has 1 nitrogen and oxygen atoms in total. The van der Waals surface area contributed by atoms with Gasteiger partial charge in [0, 0.05) is 12.4 Å². The van der Waals surface area contributed by atoms with E-state index in [1.807, 2.05) is 18.3 Å². The molecule has 0 radical (unpaired) electrons. The molecule has 1 unspecified atom stereocenters. The van der Waals surface area contributed by atoms with Gasteiger partial charge in [-0.15, -0.1) is 11.6 Å². The van der Waals surface area contributed by atoms with Crippen molar-refractivity contribution in [1.82, 2.24) is 4.98 Å². The summed E-state index contributed by atoms with van der Waals surface area (Å²) in [7, 11) is 0. The molecular formula is C15H16ClN. The number of aromatic nitrogens is 1. The second kappa shape index (κ2) is 5.83. The third kappa shape index (κ3) is 3.07. The highest BCUT2D eigenvalue weighted by atomic mass is 35.5. The van der Waals surface area contributed by atoms with Crippen molar-refractivity contribution >= 4 is 11.6 Å². The summed E-state index contributed by atoms with van der Waals surface area (Å²) < 4.78 is 0. The molecule has 0 spiro atoms. The highest BCUT2D eigenvalue weighted by Gasteiger charge is 2.10. The van der Waals surface area contributed by atoms with E-state index in [4.69, 9.17) is 11.6 Å². The number of rotatable bonds is 4. The van der Waals surface area contributed by atoms with E-state index in [1.165, 1.54) is 12.0 Å². The van der Waals surface area contributed by atoms with Gasteiger partial charge in [-0.25, -0.2) is 0 Å². The molecule has 1 heterocycles. The molecule has 1 atom stereocenters. The molecule has 0 N–H and O–H groups in total. The summed E-state index contributed by atoms with van der Waals surface area (Å²) in [6.07, 6.45) is 5.88. The van der Waals surface area contributed by atoms with Crippen molar-refractivity contribution in [1.29, 1.82) is 0 Å². The summed E-state index contributed by atoms with van der Waals surface area (Å²) in [5.74, 6) is 0. The monoisotopic (exact) mass is 245 g/mol. The summed E-state index contributed by atoms with van der Waals surface area (Å²) in [5, 5.41) is -0.112. The fraction of sp³-hybridized carbons (Fsp3) is 0.267. The maximum Gasteiger partial charge on any atom is 0.0850 e. The van der Waals surface area contributed by atoms with E-state index in [9.17, 15) is 0 Å². The van der Waals surface area contributed by atoms with Gasteiger partial charge in [-0.1, -0.05) is 43.7 Å². The molecule has 2 aromatic rings. The minimum absolute atomic E-state index is 0.112. The van der Waals surface area contributed by atoms with Gasteiger partial charge in [0.25, 0.3) is 0 Å². The predicted molar refractivity (Wildman–Crippen MR) is 72.4 cm³/mol. The zero-order valence-electron chi connectivity index (χ0n) is 9.94. The van der Waals surface area contributed by atoms with Crippen LogP contribution in [0.5, 0.6) is 0 Å². The van der Waals surface area contributed by atoms with Gasteiger partial charge < -0.3 is 0 Å². The lowest BCUT2D eigenvalue weighted by atomic mass is 10.0. The van der Waals surface area contributed by atoms with E-state index in [2.05, 4.69) is 36.2 Å². The number of hydrogen-bond acceptors (Lipinski definition) is 1. The smallest absolute Gasteiger partial charge is 0.0850 e. The van der Waals surface area contributed by atoms with E-state index < -0.39 is 0 Å². The van der Waals surface area contributed by atoms with Gasteiger partial charge in [0.15, 0.2) is 0 Å². The van der Waals surface area contributed by atoms with Crippen LogP contribution in [0, 0.1) is 0 Å². The maximum atomic E-state index is 6.42. The van der Waals surface area contributed by atoms with Crippen LogP contribution in [-0.2, 0) is 6.42 Å². The Kier molecular flexibility index (Phi) is 4.16. The van der Waals surface area contributed by atoms with E-state index in [0.29, 0.717) is 0 Å². The Morgan fingerprint density at radius 1 is 1.12 bits per heavy atom. The van der Waals surface area contributed by atoms with Gasteiger partial charge in [0.05, 0.1) is 5.38 Å². The molecule has 1 aromatic heterocycles. The van der Waals surface area contributed by atoms with Crippen LogP contribution in [-0.4, -0.2) is 4.98 Å². The zero-order valence-corrected chi connectivity index (χ0v) is 10.7. The van der Waals surface area contributed by atoms with Crippen LogP contribution in [0.15, 0.2) is 48.8 Å². The molecule has 0 saturated carbocycles. The summed E-state index contributed by atoms with van der Waals surface area (Å²) >= 11 is 6.42. The maximum absolute atomic E-state index is 6.42. The highest BCUT2D eigenvalue weighted by Crippen LogP contribution is 2.28. The Balaban J connectivity index is 2.17. The van der Waals surface area contributed by atoms with Gasteiger partial charge in [-0.05, 0) is 29.2 Å². The minimum Gasteiger partial charge on any atom is -0.264 e. The van der Waals surface area contributed by atoms with Crippen LogP contribution in [0.3, 0.4) is 0 Å². The number of hydrogen-bond donors (Lipinski definition) is 0. The normalized spacial score (nSPS) is 12.4. The molecule has 17 heavy (non-hydrogen) atoms. The Bertz CT molecular complexity index is 450. The van der Waals surface area contributed by atoms with Crippen molar-refractivity contribution in [3.8, 4) is 0 Å². The van der Waals surface area contributed by atoms with Crippen LogP contribution in [0.2, 0.25) is 0 Å². The highest BCUT2D eigenvalue weighted by molar-refractivity contribution is 6.22. The minimum atomic E-state index is -0.112. The van der Waals surface area contributed by atoms with Crippen molar-refractivity contribution in [2.24, 2.45) is 0 Å². The summed E-state index contributed by atoms with van der Waals surface area (Å²) in [6, 6.07) is 12.4. The lowest BCUT2D eigenvalue weighted by molar-refractivity contribution is 0.920.